The average Bonchev–Trinajstić information content (AvgIpc) is 2.91. The van der Waals surface area contributed by atoms with Crippen molar-refractivity contribution in [1.29, 1.82) is 0 Å². The van der Waals surface area contributed by atoms with Crippen LogP contribution < -0.4 is 15.4 Å². The smallest absolute Gasteiger partial charge is 0.328 e. The van der Waals surface area contributed by atoms with Gasteiger partial charge in [0.2, 0.25) is 11.8 Å². The molecular formula is C29H32ClFN2O8S. The molecule has 13 heteroatoms. The quantitative estimate of drug-likeness (QED) is 0.205. The number of rotatable bonds is 16. The number of amides is 2. The normalized spacial score (nSPS) is 12.5. The largest absolute Gasteiger partial charge is 0.496 e. The van der Waals surface area contributed by atoms with E-state index in [9.17, 15) is 33.5 Å². The highest BCUT2D eigenvalue weighted by Crippen LogP contribution is 2.24. The van der Waals surface area contributed by atoms with Crippen LogP contribution in [0.15, 0.2) is 42.5 Å². The highest BCUT2D eigenvalue weighted by molar-refractivity contribution is 7.99. The SMILES string of the molecule is COc1ccc(C=CC(=O)O)cc1CC(=O)N[C@H](C(=O)NC(CC(=O)O)C(=O)CSCc1c(F)cccc1Cl)C(C)C. The molecule has 2 aromatic carbocycles. The first kappa shape index (κ1) is 34.3. The maximum absolute atomic E-state index is 14.0. The van der Waals surface area contributed by atoms with Crippen LogP contribution in [0.25, 0.3) is 6.08 Å². The molecule has 0 fully saturated rings. The third-order valence-electron chi connectivity index (χ3n) is 5.98. The lowest BCUT2D eigenvalue weighted by atomic mass is 10.0. The van der Waals surface area contributed by atoms with Gasteiger partial charge in [-0.25, -0.2) is 9.18 Å². The summed E-state index contributed by atoms with van der Waals surface area (Å²) in [4.78, 5) is 61.2. The van der Waals surface area contributed by atoms with Crippen LogP contribution in [0.2, 0.25) is 5.02 Å². The minimum Gasteiger partial charge on any atom is -0.496 e. The Balaban J connectivity index is 2.10. The molecule has 2 aromatic rings. The Morgan fingerprint density at radius 1 is 1.10 bits per heavy atom. The summed E-state index contributed by atoms with van der Waals surface area (Å²) in [5.74, 6) is -5.08. The van der Waals surface area contributed by atoms with E-state index < -0.39 is 59.8 Å². The second-order valence-corrected chi connectivity index (χ2v) is 10.9. The van der Waals surface area contributed by atoms with Crippen molar-refractivity contribution in [2.24, 2.45) is 5.92 Å². The number of aliphatic carboxylic acids is 2. The monoisotopic (exact) mass is 622 g/mol. The van der Waals surface area contributed by atoms with E-state index >= 15 is 0 Å². The van der Waals surface area contributed by atoms with Gasteiger partial charge in [-0.3, -0.25) is 19.2 Å². The lowest BCUT2D eigenvalue weighted by molar-refractivity contribution is -0.140. The van der Waals surface area contributed by atoms with Crippen molar-refractivity contribution in [3.63, 3.8) is 0 Å². The van der Waals surface area contributed by atoms with E-state index in [0.29, 0.717) is 16.9 Å². The zero-order valence-corrected chi connectivity index (χ0v) is 24.8. The Labute approximate surface area is 251 Å². The molecule has 42 heavy (non-hydrogen) atoms. The number of ether oxygens (including phenoxy) is 1. The van der Waals surface area contributed by atoms with Crippen molar-refractivity contribution in [2.45, 2.75) is 44.5 Å². The number of thioether (sulfide) groups is 1. The van der Waals surface area contributed by atoms with E-state index in [1.165, 1.54) is 31.4 Å². The summed E-state index contributed by atoms with van der Waals surface area (Å²) >= 11 is 7.04. The summed E-state index contributed by atoms with van der Waals surface area (Å²) in [6.45, 7) is 3.34. The van der Waals surface area contributed by atoms with Crippen molar-refractivity contribution in [1.82, 2.24) is 10.6 Å². The number of Topliss-reactive ketones (excluding diaryl/α,β-unsaturated/α-hetero) is 1. The number of benzene rings is 2. The third kappa shape index (κ3) is 10.8. The predicted molar refractivity (Wildman–Crippen MR) is 157 cm³/mol. The standard InChI is InChI=1S/C29H32ClFN2O8S/c1-16(2)28(33-25(35)12-18-11-17(8-10-26(36)37)7-9-24(18)41-3)29(40)32-22(13-27(38)39)23(34)15-42-14-19-20(30)5-4-6-21(19)31/h4-11,16,22,28H,12-15H2,1-3H3,(H,32,40)(H,33,35)(H,36,37)(H,38,39)/t22?,28-/m0/s1. The van der Waals surface area contributed by atoms with Crippen LogP contribution in [0.3, 0.4) is 0 Å². The number of ketones is 1. The van der Waals surface area contributed by atoms with Gasteiger partial charge in [0, 0.05) is 28.0 Å². The first-order chi connectivity index (χ1) is 19.8. The van der Waals surface area contributed by atoms with Gasteiger partial charge in [0.25, 0.3) is 0 Å². The number of methoxy groups -OCH3 is 1. The van der Waals surface area contributed by atoms with E-state index in [1.807, 2.05) is 0 Å². The summed E-state index contributed by atoms with van der Waals surface area (Å²) < 4.78 is 19.3. The van der Waals surface area contributed by atoms with Gasteiger partial charge in [-0.1, -0.05) is 37.6 Å². The van der Waals surface area contributed by atoms with Gasteiger partial charge in [0.1, 0.15) is 17.6 Å². The third-order valence-corrected chi connectivity index (χ3v) is 7.31. The minimum atomic E-state index is -1.38. The minimum absolute atomic E-state index is 0.0619. The molecule has 0 saturated heterocycles. The Morgan fingerprint density at radius 2 is 1.81 bits per heavy atom. The van der Waals surface area contributed by atoms with Crippen LogP contribution >= 0.6 is 23.4 Å². The number of hydrogen-bond acceptors (Lipinski definition) is 7. The molecule has 0 saturated carbocycles. The van der Waals surface area contributed by atoms with Gasteiger partial charge >= 0.3 is 11.9 Å². The van der Waals surface area contributed by atoms with Gasteiger partial charge in [0.15, 0.2) is 5.78 Å². The van der Waals surface area contributed by atoms with E-state index in [1.54, 1.807) is 32.0 Å². The summed E-state index contributed by atoms with van der Waals surface area (Å²) in [5.41, 5.74) is 1.17. The number of carbonyl (C=O) groups excluding carboxylic acids is 3. The van der Waals surface area contributed by atoms with Crippen molar-refractivity contribution >= 4 is 59.0 Å². The van der Waals surface area contributed by atoms with E-state index in [-0.39, 0.29) is 28.5 Å². The molecule has 0 bridgehead atoms. The number of nitrogens with one attached hydrogen (secondary N) is 2. The van der Waals surface area contributed by atoms with E-state index in [4.69, 9.17) is 21.4 Å². The van der Waals surface area contributed by atoms with Gasteiger partial charge in [-0.05, 0) is 41.8 Å². The first-order valence-corrected chi connectivity index (χ1v) is 14.3. The molecular weight excluding hydrogens is 591 g/mol. The maximum atomic E-state index is 14.0. The van der Waals surface area contributed by atoms with E-state index in [0.717, 1.165) is 17.8 Å². The van der Waals surface area contributed by atoms with Gasteiger partial charge in [-0.2, -0.15) is 0 Å². The Kier molecular flexibility index (Phi) is 13.5. The van der Waals surface area contributed by atoms with Crippen LogP contribution in [0.4, 0.5) is 4.39 Å². The topological polar surface area (TPSA) is 159 Å². The molecule has 2 atom stereocenters. The fourth-order valence-corrected chi connectivity index (χ4v) is 5.16. The maximum Gasteiger partial charge on any atom is 0.328 e. The molecule has 0 aromatic heterocycles. The van der Waals surface area contributed by atoms with Crippen LogP contribution in [0.5, 0.6) is 5.75 Å². The van der Waals surface area contributed by atoms with Crippen molar-refractivity contribution in [3.8, 4) is 5.75 Å². The number of carboxylic acids is 2. The van der Waals surface area contributed by atoms with Gasteiger partial charge in [-0.15, -0.1) is 11.8 Å². The molecule has 2 rings (SSSR count). The fraction of sp³-hybridized carbons (Fsp3) is 0.345. The molecule has 0 heterocycles. The van der Waals surface area contributed by atoms with Crippen molar-refractivity contribution in [3.05, 3.63) is 70.0 Å². The summed E-state index contributed by atoms with van der Waals surface area (Å²) in [6.07, 6.45) is 1.42. The van der Waals surface area contributed by atoms with Crippen molar-refractivity contribution in [2.75, 3.05) is 12.9 Å². The number of carboxylic acid groups (broad SMARTS) is 2. The highest BCUT2D eigenvalue weighted by atomic mass is 35.5. The average molecular weight is 623 g/mol. The summed E-state index contributed by atoms with van der Waals surface area (Å²) in [6, 6.07) is 6.49. The number of carbonyl (C=O) groups is 5. The van der Waals surface area contributed by atoms with Crippen LogP contribution in [-0.4, -0.2) is 64.7 Å². The van der Waals surface area contributed by atoms with Gasteiger partial charge < -0.3 is 25.6 Å². The Morgan fingerprint density at radius 3 is 2.40 bits per heavy atom. The first-order valence-electron chi connectivity index (χ1n) is 12.7. The zero-order chi connectivity index (χ0) is 31.4. The molecule has 2 amide bonds. The molecule has 0 aliphatic rings. The summed E-state index contributed by atoms with van der Waals surface area (Å²) in [7, 11) is 1.41. The Bertz CT molecular complexity index is 1330. The number of hydrogen-bond donors (Lipinski definition) is 4. The summed E-state index contributed by atoms with van der Waals surface area (Å²) in [5, 5.41) is 23.4. The molecule has 0 spiro atoms. The van der Waals surface area contributed by atoms with Crippen LogP contribution in [-0.2, 0) is 36.1 Å². The molecule has 226 valence electrons. The van der Waals surface area contributed by atoms with Crippen LogP contribution in [0.1, 0.15) is 37.0 Å². The second-order valence-electron chi connectivity index (χ2n) is 9.53. The van der Waals surface area contributed by atoms with Crippen LogP contribution in [0, 0.1) is 11.7 Å². The molecule has 10 nitrogen and oxygen atoms in total. The molecule has 4 N–H and O–H groups in total. The lowest BCUT2D eigenvalue weighted by Gasteiger charge is -2.25. The van der Waals surface area contributed by atoms with Crippen molar-refractivity contribution < 1.29 is 43.3 Å². The lowest BCUT2D eigenvalue weighted by Crippen LogP contribution is -2.54. The van der Waals surface area contributed by atoms with E-state index in [2.05, 4.69) is 10.6 Å². The van der Waals surface area contributed by atoms with Gasteiger partial charge in [0.05, 0.1) is 31.7 Å². The Hall–Kier alpha value is -3.90. The number of halogens is 2. The second kappa shape index (κ2) is 16.5. The molecule has 0 aliphatic carbocycles. The predicted octanol–water partition coefficient (Wildman–Crippen LogP) is 3.73. The fourth-order valence-electron chi connectivity index (χ4n) is 3.85. The molecule has 0 radical (unpaired) electrons. The zero-order valence-electron chi connectivity index (χ0n) is 23.2. The highest BCUT2D eigenvalue weighted by Gasteiger charge is 2.30. The molecule has 1 unspecified atom stereocenters. The molecule has 0 aliphatic heterocycles.